The molecule has 0 aliphatic carbocycles. The number of halogens is 2. The van der Waals surface area contributed by atoms with Crippen molar-refractivity contribution in [3.8, 4) is 0 Å². The lowest BCUT2D eigenvalue weighted by Gasteiger charge is -2.21. The average Bonchev–Trinajstić information content (AvgIpc) is 2.43. The summed E-state index contributed by atoms with van der Waals surface area (Å²) in [6.07, 6.45) is 0.675. The molecule has 0 bridgehead atoms. The quantitative estimate of drug-likeness (QED) is 0.820. The Morgan fingerprint density at radius 3 is 2.62 bits per heavy atom. The Balaban J connectivity index is 2.33. The van der Waals surface area contributed by atoms with Gasteiger partial charge >= 0.3 is 0 Å². The van der Waals surface area contributed by atoms with Gasteiger partial charge in [0.25, 0.3) is 0 Å². The van der Waals surface area contributed by atoms with Crippen LogP contribution < -0.4 is 5.32 Å². The molecule has 1 nitrogen and oxygen atoms in total. The van der Waals surface area contributed by atoms with Crippen molar-refractivity contribution in [3.63, 3.8) is 0 Å². The van der Waals surface area contributed by atoms with Crippen LogP contribution in [-0.4, -0.2) is 6.54 Å². The van der Waals surface area contributed by atoms with Gasteiger partial charge in [0, 0.05) is 6.04 Å². The Hall–Kier alpha value is -1.38. The standard InChI is InChI=1S/C18H21ClFN/c1-4-21-17(15-9-8-12(2)10-13(15)3)11-14-6-5-7-16(20)18(14)19/h5-10,17,21H,4,11H2,1-3H3. The fraction of sp³-hybridized carbons (Fsp3) is 0.333. The summed E-state index contributed by atoms with van der Waals surface area (Å²) in [5.41, 5.74) is 4.56. The highest BCUT2D eigenvalue weighted by atomic mass is 35.5. The van der Waals surface area contributed by atoms with Gasteiger partial charge in [0.2, 0.25) is 0 Å². The Morgan fingerprint density at radius 2 is 1.95 bits per heavy atom. The molecular weight excluding hydrogens is 285 g/mol. The third-order valence-electron chi connectivity index (χ3n) is 3.71. The van der Waals surface area contributed by atoms with Crippen molar-refractivity contribution in [2.45, 2.75) is 33.2 Å². The number of likely N-dealkylation sites (N-methyl/N-ethyl adjacent to an activating group) is 1. The van der Waals surface area contributed by atoms with Crippen molar-refractivity contribution in [1.29, 1.82) is 0 Å². The summed E-state index contributed by atoms with van der Waals surface area (Å²) in [5.74, 6) is -0.356. The van der Waals surface area contributed by atoms with E-state index >= 15 is 0 Å². The molecule has 0 saturated heterocycles. The molecule has 0 heterocycles. The largest absolute Gasteiger partial charge is 0.310 e. The van der Waals surface area contributed by atoms with E-state index in [1.807, 2.05) is 6.07 Å². The summed E-state index contributed by atoms with van der Waals surface area (Å²) >= 11 is 6.09. The van der Waals surface area contributed by atoms with E-state index < -0.39 is 0 Å². The van der Waals surface area contributed by atoms with Gasteiger partial charge in [0.1, 0.15) is 5.82 Å². The molecule has 112 valence electrons. The minimum atomic E-state index is -0.356. The molecule has 1 unspecified atom stereocenters. The molecule has 0 fully saturated rings. The molecule has 3 heteroatoms. The third kappa shape index (κ3) is 3.84. The smallest absolute Gasteiger partial charge is 0.142 e. The van der Waals surface area contributed by atoms with Gasteiger partial charge in [-0.05, 0) is 49.6 Å². The topological polar surface area (TPSA) is 12.0 Å². The summed E-state index contributed by atoms with van der Waals surface area (Å²) in [6, 6.07) is 11.6. The fourth-order valence-corrected chi connectivity index (χ4v) is 2.88. The van der Waals surface area contributed by atoms with E-state index in [4.69, 9.17) is 11.6 Å². The molecule has 1 N–H and O–H groups in total. The lowest BCUT2D eigenvalue weighted by Crippen LogP contribution is -2.24. The van der Waals surface area contributed by atoms with Crippen LogP contribution in [0.2, 0.25) is 5.02 Å². The van der Waals surface area contributed by atoms with Crippen molar-refractivity contribution in [2.24, 2.45) is 0 Å². The number of nitrogens with one attached hydrogen (secondary N) is 1. The minimum absolute atomic E-state index is 0.134. The molecule has 0 aliphatic heterocycles. The van der Waals surface area contributed by atoms with E-state index in [2.05, 4.69) is 44.3 Å². The summed E-state index contributed by atoms with van der Waals surface area (Å²) < 4.78 is 13.6. The van der Waals surface area contributed by atoms with E-state index in [1.54, 1.807) is 6.07 Å². The van der Waals surface area contributed by atoms with Crippen LogP contribution in [0.4, 0.5) is 4.39 Å². The monoisotopic (exact) mass is 305 g/mol. The van der Waals surface area contributed by atoms with Crippen LogP contribution in [-0.2, 0) is 6.42 Å². The van der Waals surface area contributed by atoms with E-state index in [0.29, 0.717) is 6.42 Å². The summed E-state index contributed by atoms with van der Waals surface area (Å²) in [4.78, 5) is 0. The maximum absolute atomic E-state index is 13.6. The van der Waals surface area contributed by atoms with Crippen molar-refractivity contribution >= 4 is 11.6 Å². The number of hydrogen-bond acceptors (Lipinski definition) is 1. The van der Waals surface area contributed by atoms with Gasteiger partial charge < -0.3 is 5.32 Å². The van der Waals surface area contributed by atoms with Crippen LogP contribution in [0.1, 0.15) is 35.2 Å². The Labute approximate surface area is 131 Å². The van der Waals surface area contributed by atoms with Crippen LogP contribution in [0.15, 0.2) is 36.4 Å². The first-order valence-electron chi connectivity index (χ1n) is 7.26. The molecule has 2 rings (SSSR count). The molecule has 0 radical (unpaired) electrons. The molecule has 0 aromatic heterocycles. The highest BCUT2D eigenvalue weighted by Crippen LogP contribution is 2.27. The normalized spacial score (nSPS) is 12.4. The fourth-order valence-electron chi connectivity index (χ4n) is 2.68. The zero-order valence-corrected chi connectivity index (χ0v) is 13.5. The van der Waals surface area contributed by atoms with Crippen molar-refractivity contribution in [1.82, 2.24) is 5.32 Å². The van der Waals surface area contributed by atoms with Crippen molar-refractivity contribution in [2.75, 3.05) is 6.54 Å². The molecule has 0 aliphatic rings. The highest BCUT2D eigenvalue weighted by molar-refractivity contribution is 6.31. The molecular formula is C18H21ClFN. The highest BCUT2D eigenvalue weighted by Gasteiger charge is 2.16. The van der Waals surface area contributed by atoms with E-state index in [9.17, 15) is 4.39 Å². The van der Waals surface area contributed by atoms with Crippen LogP contribution >= 0.6 is 11.6 Å². The van der Waals surface area contributed by atoms with Crippen molar-refractivity contribution in [3.05, 3.63) is 69.5 Å². The molecule has 0 amide bonds. The van der Waals surface area contributed by atoms with Crippen LogP contribution in [0.3, 0.4) is 0 Å². The molecule has 2 aromatic rings. The molecule has 21 heavy (non-hydrogen) atoms. The number of aryl methyl sites for hydroxylation is 2. The maximum atomic E-state index is 13.6. The van der Waals surface area contributed by atoms with Gasteiger partial charge in [0.15, 0.2) is 0 Å². The second-order valence-corrected chi connectivity index (χ2v) is 5.77. The lowest BCUT2D eigenvalue weighted by atomic mass is 9.94. The minimum Gasteiger partial charge on any atom is -0.310 e. The average molecular weight is 306 g/mol. The Bertz CT molecular complexity index is 625. The number of rotatable bonds is 5. The van der Waals surface area contributed by atoms with Crippen LogP contribution in [0.5, 0.6) is 0 Å². The predicted octanol–water partition coefficient (Wildman–Crippen LogP) is 4.99. The van der Waals surface area contributed by atoms with E-state index in [0.717, 1.165) is 12.1 Å². The van der Waals surface area contributed by atoms with Gasteiger partial charge in [-0.2, -0.15) is 0 Å². The molecule has 1 atom stereocenters. The van der Waals surface area contributed by atoms with Gasteiger partial charge in [-0.1, -0.05) is 54.4 Å². The van der Waals surface area contributed by atoms with Gasteiger partial charge in [-0.3, -0.25) is 0 Å². The number of benzene rings is 2. The van der Waals surface area contributed by atoms with Crippen LogP contribution in [0, 0.1) is 19.7 Å². The predicted molar refractivity (Wildman–Crippen MR) is 87.4 cm³/mol. The van der Waals surface area contributed by atoms with Gasteiger partial charge in [0.05, 0.1) is 5.02 Å². The third-order valence-corrected chi connectivity index (χ3v) is 4.13. The Morgan fingerprint density at radius 1 is 1.19 bits per heavy atom. The maximum Gasteiger partial charge on any atom is 0.142 e. The SMILES string of the molecule is CCNC(Cc1cccc(F)c1Cl)c1ccc(C)cc1C. The first-order chi connectivity index (χ1) is 10.0. The van der Waals surface area contributed by atoms with Gasteiger partial charge in [-0.25, -0.2) is 4.39 Å². The summed E-state index contributed by atoms with van der Waals surface area (Å²) in [7, 11) is 0. The van der Waals surface area contributed by atoms with Crippen LogP contribution in [0.25, 0.3) is 0 Å². The first kappa shape index (κ1) is 16.0. The second kappa shape index (κ2) is 7.06. The lowest BCUT2D eigenvalue weighted by molar-refractivity contribution is 0.544. The van der Waals surface area contributed by atoms with Crippen molar-refractivity contribution < 1.29 is 4.39 Å². The zero-order valence-electron chi connectivity index (χ0n) is 12.7. The summed E-state index contributed by atoms with van der Waals surface area (Å²) in [5, 5.41) is 3.70. The zero-order chi connectivity index (χ0) is 15.4. The molecule has 2 aromatic carbocycles. The Kier molecular flexibility index (Phi) is 5.38. The molecule has 0 spiro atoms. The molecule has 0 saturated carbocycles. The summed E-state index contributed by atoms with van der Waals surface area (Å²) in [6.45, 7) is 7.12. The second-order valence-electron chi connectivity index (χ2n) is 5.39. The van der Waals surface area contributed by atoms with E-state index in [-0.39, 0.29) is 16.9 Å². The first-order valence-corrected chi connectivity index (χ1v) is 7.64. The number of hydrogen-bond donors (Lipinski definition) is 1. The van der Waals surface area contributed by atoms with E-state index in [1.165, 1.54) is 22.8 Å². The van der Waals surface area contributed by atoms with Gasteiger partial charge in [-0.15, -0.1) is 0 Å².